The topological polar surface area (TPSA) is 65.2 Å². The van der Waals surface area contributed by atoms with Gasteiger partial charge in [-0.15, -0.1) is 0 Å². The highest BCUT2D eigenvalue weighted by Crippen LogP contribution is 2.24. The van der Waals surface area contributed by atoms with Crippen LogP contribution in [0.3, 0.4) is 0 Å². The van der Waals surface area contributed by atoms with Crippen LogP contribution in [0.1, 0.15) is 49.9 Å². The van der Waals surface area contributed by atoms with Gasteiger partial charge in [0.1, 0.15) is 11.5 Å². The van der Waals surface area contributed by atoms with Crippen LogP contribution < -0.4 is 0 Å². The van der Waals surface area contributed by atoms with E-state index in [1.54, 1.807) is 24.6 Å². The maximum absolute atomic E-state index is 10.2. The molecule has 0 amide bonds. The van der Waals surface area contributed by atoms with Crippen molar-refractivity contribution in [2.45, 2.75) is 40.5 Å². The molecule has 3 aromatic carbocycles. The molecule has 0 unspecified atom stereocenters. The Hall–Kier alpha value is -3.40. The summed E-state index contributed by atoms with van der Waals surface area (Å²) in [6, 6.07) is 18.9. The molecule has 0 radical (unpaired) electrons. The van der Waals surface area contributed by atoms with Crippen molar-refractivity contribution < 1.29 is 10.2 Å². The van der Waals surface area contributed by atoms with E-state index < -0.39 is 0 Å². The number of benzene rings is 3. The van der Waals surface area contributed by atoms with Crippen molar-refractivity contribution in [3.8, 4) is 11.5 Å². The lowest BCUT2D eigenvalue weighted by Gasteiger charge is -2.07. The maximum Gasteiger partial charge on any atom is 0.124 e. The fourth-order valence-electron chi connectivity index (χ4n) is 3.55. The van der Waals surface area contributed by atoms with E-state index >= 15 is 0 Å². The standard InChI is InChI=1S/C28H32N2O2/c1-19(2)12-21-8-10-27(31)23(14-21)17-29-25-6-5-7-26(16-25)30-18-24-15-22(13-20(3)4)9-11-28(24)32/h5-11,14-20,31-32H,12-13H2,1-4H3. The molecule has 0 aliphatic heterocycles. The zero-order chi connectivity index (χ0) is 23.1. The first-order chi connectivity index (χ1) is 15.3. The molecule has 0 aliphatic rings. The molecule has 0 aromatic heterocycles. The van der Waals surface area contributed by atoms with Crippen LogP contribution >= 0.6 is 0 Å². The number of rotatable bonds is 8. The zero-order valence-corrected chi connectivity index (χ0v) is 19.3. The van der Waals surface area contributed by atoms with E-state index in [-0.39, 0.29) is 11.5 Å². The van der Waals surface area contributed by atoms with E-state index in [0.717, 1.165) is 24.2 Å². The molecule has 0 saturated heterocycles. The molecular formula is C28H32N2O2. The smallest absolute Gasteiger partial charge is 0.124 e. The third-order valence-electron chi connectivity index (χ3n) is 5.01. The molecule has 3 rings (SSSR count). The number of phenolic OH excluding ortho intramolecular Hbond substituents is 2. The Kier molecular flexibility index (Phi) is 7.82. The van der Waals surface area contributed by atoms with Crippen LogP contribution in [0.15, 0.2) is 70.6 Å². The van der Waals surface area contributed by atoms with Crippen LogP contribution in [0.5, 0.6) is 11.5 Å². The summed E-state index contributed by atoms with van der Waals surface area (Å²) in [5, 5.41) is 20.4. The quantitative estimate of drug-likeness (QED) is 0.380. The summed E-state index contributed by atoms with van der Waals surface area (Å²) in [5.41, 5.74) is 5.24. The van der Waals surface area contributed by atoms with Gasteiger partial charge in [-0.2, -0.15) is 0 Å². The summed E-state index contributed by atoms with van der Waals surface area (Å²) >= 11 is 0. The summed E-state index contributed by atoms with van der Waals surface area (Å²) in [7, 11) is 0. The molecule has 2 N–H and O–H groups in total. The van der Waals surface area contributed by atoms with E-state index in [0.29, 0.717) is 23.0 Å². The molecule has 0 bridgehead atoms. The van der Waals surface area contributed by atoms with Crippen molar-refractivity contribution >= 4 is 23.8 Å². The van der Waals surface area contributed by atoms with Crippen molar-refractivity contribution in [2.24, 2.45) is 21.8 Å². The first kappa shape index (κ1) is 23.3. The number of aromatic hydroxyl groups is 2. The number of phenols is 2. The first-order valence-electron chi connectivity index (χ1n) is 11.1. The van der Waals surface area contributed by atoms with E-state index in [2.05, 4.69) is 37.7 Å². The van der Waals surface area contributed by atoms with Gasteiger partial charge >= 0.3 is 0 Å². The SMILES string of the molecule is CC(C)Cc1ccc(O)c(C=Nc2cccc(N=Cc3cc(CC(C)C)ccc3O)c2)c1. The summed E-state index contributed by atoms with van der Waals surface area (Å²) in [6.45, 7) is 8.69. The molecule has 4 nitrogen and oxygen atoms in total. The van der Waals surface area contributed by atoms with E-state index in [1.807, 2.05) is 48.5 Å². The van der Waals surface area contributed by atoms with Crippen molar-refractivity contribution in [1.29, 1.82) is 0 Å². The Balaban J connectivity index is 1.78. The molecular weight excluding hydrogens is 396 g/mol. The fourth-order valence-corrected chi connectivity index (χ4v) is 3.55. The average Bonchev–Trinajstić information content (AvgIpc) is 2.74. The lowest BCUT2D eigenvalue weighted by atomic mass is 10.0. The predicted molar refractivity (Wildman–Crippen MR) is 134 cm³/mol. The number of hydrogen-bond donors (Lipinski definition) is 2. The normalized spacial score (nSPS) is 11.9. The Morgan fingerprint density at radius 3 is 1.50 bits per heavy atom. The Labute approximate surface area is 191 Å². The van der Waals surface area contributed by atoms with Crippen LogP contribution in [0.4, 0.5) is 11.4 Å². The van der Waals surface area contributed by atoms with E-state index in [9.17, 15) is 10.2 Å². The van der Waals surface area contributed by atoms with Crippen molar-refractivity contribution in [2.75, 3.05) is 0 Å². The lowest BCUT2D eigenvalue weighted by molar-refractivity contribution is 0.473. The molecule has 0 fully saturated rings. The molecule has 0 atom stereocenters. The fraction of sp³-hybridized carbons (Fsp3) is 0.286. The van der Waals surface area contributed by atoms with Crippen molar-refractivity contribution in [1.82, 2.24) is 0 Å². The van der Waals surface area contributed by atoms with Gasteiger partial charge in [-0.3, -0.25) is 9.98 Å². The maximum atomic E-state index is 10.2. The summed E-state index contributed by atoms with van der Waals surface area (Å²) in [5.74, 6) is 1.52. The highest BCUT2D eigenvalue weighted by atomic mass is 16.3. The van der Waals surface area contributed by atoms with Gasteiger partial charge in [0.15, 0.2) is 0 Å². The number of nitrogens with zero attached hydrogens (tertiary/aromatic N) is 2. The van der Waals surface area contributed by atoms with Crippen molar-refractivity contribution in [3.05, 3.63) is 82.9 Å². The summed E-state index contributed by atoms with van der Waals surface area (Å²) in [6.07, 6.45) is 5.28. The number of aliphatic imine (C=N–C) groups is 2. The highest BCUT2D eigenvalue weighted by Gasteiger charge is 2.05. The van der Waals surface area contributed by atoms with Gasteiger partial charge in [-0.1, -0.05) is 45.9 Å². The van der Waals surface area contributed by atoms with Gasteiger partial charge < -0.3 is 10.2 Å². The molecule has 0 saturated carbocycles. The summed E-state index contributed by atoms with van der Waals surface area (Å²) < 4.78 is 0. The molecule has 32 heavy (non-hydrogen) atoms. The Morgan fingerprint density at radius 1 is 0.656 bits per heavy atom. The Bertz CT molecular complexity index is 1030. The minimum Gasteiger partial charge on any atom is -0.507 e. The summed E-state index contributed by atoms with van der Waals surface area (Å²) in [4.78, 5) is 9.06. The van der Waals surface area contributed by atoms with Crippen LogP contribution in [0, 0.1) is 11.8 Å². The molecule has 0 spiro atoms. The third kappa shape index (κ3) is 6.81. The highest BCUT2D eigenvalue weighted by molar-refractivity contribution is 5.87. The molecule has 0 heterocycles. The van der Waals surface area contributed by atoms with Gasteiger partial charge in [0.2, 0.25) is 0 Å². The lowest BCUT2D eigenvalue weighted by Crippen LogP contribution is -1.95. The zero-order valence-electron chi connectivity index (χ0n) is 19.3. The van der Waals surface area contributed by atoms with Crippen LogP contribution in [0.2, 0.25) is 0 Å². The Morgan fingerprint density at radius 2 is 1.09 bits per heavy atom. The predicted octanol–water partition coefficient (Wildman–Crippen LogP) is 7.00. The second-order valence-corrected chi connectivity index (χ2v) is 9.02. The number of hydrogen-bond acceptors (Lipinski definition) is 4. The average molecular weight is 429 g/mol. The second kappa shape index (κ2) is 10.8. The van der Waals surface area contributed by atoms with Crippen LogP contribution in [-0.2, 0) is 12.8 Å². The third-order valence-corrected chi connectivity index (χ3v) is 5.01. The van der Waals surface area contributed by atoms with Crippen molar-refractivity contribution in [3.63, 3.8) is 0 Å². The minimum absolute atomic E-state index is 0.215. The molecule has 0 aliphatic carbocycles. The van der Waals surface area contributed by atoms with Crippen LogP contribution in [-0.4, -0.2) is 22.6 Å². The second-order valence-electron chi connectivity index (χ2n) is 9.02. The van der Waals surface area contributed by atoms with E-state index in [4.69, 9.17) is 0 Å². The van der Waals surface area contributed by atoms with Gasteiger partial charge in [-0.25, -0.2) is 0 Å². The molecule has 166 valence electrons. The van der Waals surface area contributed by atoms with Crippen LogP contribution in [0.25, 0.3) is 0 Å². The monoisotopic (exact) mass is 428 g/mol. The van der Waals surface area contributed by atoms with Gasteiger partial charge in [0.05, 0.1) is 11.4 Å². The van der Waals surface area contributed by atoms with E-state index in [1.165, 1.54) is 11.1 Å². The van der Waals surface area contributed by atoms with Gasteiger partial charge in [0.25, 0.3) is 0 Å². The largest absolute Gasteiger partial charge is 0.507 e. The molecule has 3 aromatic rings. The van der Waals surface area contributed by atoms with Gasteiger partial charge in [-0.05, 0) is 78.3 Å². The first-order valence-corrected chi connectivity index (χ1v) is 11.1. The van der Waals surface area contributed by atoms with Gasteiger partial charge in [0, 0.05) is 23.6 Å². The minimum atomic E-state index is 0.215. The molecule has 4 heteroatoms.